The van der Waals surface area contributed by atoms with Gasteiger partial charge < -0.3 is 19.5 Å². The number of hydrazone groups is 1. The Hall–Kier alpha value is -3.55. The molecule has 8 heteroatoms. The van der Waals surface area contributed by atoms with E-state index in [2.05, 4.69) is 15.8 Å². The van der Waals surface area contributed by atoms with Crippen molar-refractivity contribution in [1.82, 2.24) is 10.7 Å². The summed E-state index contributed by atoms with van der Waals surface area (Å²) < 4.78 is 15.5. The first-order valence-corrected chi connectivity index (χ1v) is 9.42. The molecule has 0 heterocycles. The fraction of sp³-hybridized carbons (Fsp3) is 0.318. The molecule has 0 unspecified atom stereocenters. The van der Waals surface area contributed by atoms with Crippen LogP contribution in [0.5, 0.6) is 17.2 Å². The fourth-order valence-corrected chi connectivity index (χ4v) is 2.66. The minimum absolute atomic E-state index is 0.0921. The van der Waals surface area contributed by atoms with Gasteiger partial charge >= 0.3 is 0 Å². The third-order valence-electron chi connectivity index (χ3n) is 4.31. The maximum atomic E-state index is 12.3. The molecule has 2 rings (SSSR count). The second kappa shape index (κ2) is 11.5. The van der Waals surface area contributed by atoms with E-state index in [0.717, 1.165) is 11.3 Å². The highest BCUT2D eigenvalue weighted by Crippen LogP contribution is 2.27. The minimum Gasteiger partial charge on any atom is -0.497 e. The lowest BCUT2D eigenvalue weighted by Crippen LogP contribution is -2.28. The SMILES string of the molecule is COc1ccc(CCNC(=O)CC(C)=NNC(=O)c2ccc(OC)c(OC)c2)cc1. The number of hydrogen-bond donors (Lipinski definition) is 2. The molecule has 0 atom stereocenters. The van der Waals surface area contributed by atoms with Crippen LogP contribution in [-0.4, -0.2) is 45.4 Å². The summed E-state index contributed by atoms with van der Waals surface area (Å²) in [5.74, 6) is 1.20. The van der Waals surface area contributed by atoms with Gasteiger partial charge in [0.1, 0.15) is 5.75 Å². The number of hydrogen-bond acceptors (Lipinski definition) is 6. The number of methoxy groups -OCH3 is 3. The van der Waals surface area contributed by atoms with Crippen molar-refractivity contribution in [1.29, 1.82) is 0 Å². The van der Waals surface area contributed by atoms with Crippen molar-refractivity contribution in [3.8, 4) is 17.2 Å². The van der Waals surface area contributed by atoms with Gasteiger partial charge in [0.15, 0.2) is 11.5 Å². The van der Waals surface area contributed by atoms with Crippen LogP contribution in [0.2, 0.25) is 0 Å². The van der Waals surface area contributed by atoms with Crippen molar-refractivity contribution >= 4 is 17.5 Å². The van der Waals surface area contributed by atoms with Crippen LogP contribution in [0.4, 0.5) is 0 Å². The average molecular weight is 413 g/mol. The third-order valence-corrected chi connectivity index (χ3v) is 4.31. The molecule has 0 bridgehead atoms. The van der Waals surface area contributed by atoms with Gasteiger partial charge in [-0.15, -0.1) is 0 Å². The zero-order chi connectivity index (χ0) is 21.9. The van der Waals surface area contributed by atoms with Gasteiger partial charge in [-0.1, -0.05) is 12.1 Å². The number of carbonyl (C=O) groups excluding carboxylic acids is 2. The first-order chi connectivity index (χ1) is 14.5. The first-order valence-electron chi connectivity index (χ1n) is 9.42. The molecule has 0 aromatic heterocycles. The van der Waals surface area contributed by atoms with Gasteiger partial charge in [0.25, 0.3) is 5.91 Å². The largest absolute Gasteiger partial charge is 0.497 e. The monoisotopic (exact) mass is 413 g/mol. The van der Waals surface area contributed by atoms with Gasteiger partial charge in [-0.2, -0.15) is 5.10 Å². The molecular weight excluding hydrogens is 386 g/mol. The number of nitrogens with zero attached hydrogens (tertiary/aromatic N) is 1. The molecule has 0 saturated carbocycles. The van der Waals surface area contributed by atoms with E-state index in [-0.39, 0.29) is 12.3 Å². The minimum atomic E-state index is -0.407. The summed E-state index contributed by atoms with van der Waals surface area (Å²) in [6, 6.07) is 12.5. The molecule has 2 aromatic carbocycles. The standard InChI is InChI=1S/C22H27N3O5/c1-15(13-21(26)23-12-11-16-5-8-18(28-2)9-6-16)24-25-22(27)17-7-10-19(29-3)20(14-17)30-4/h5-10,14H,11-13H2,1-4H3,(H,23,26)(H,25,27). The lowest BCUT2D eigenvalue weighted by molar-refractivity contribution is -0.119. The van der Waals surface area contributed by atoms with E-state index < -0.39 is 5.91 Å². The normalized spacial score (nSPS) is 10.9. The van der Waals surface area contributed by atoms with E-state index in [9.17, 15) is 9.59 Å². The molecule has 0 saturated heterocycles. The number of carbonyl (C=O) groups is 2. The number of ether oxygens (including phenoxy) is 3. The molecule has 0 aliphatic rings. The van der Waals surface area contributed by atoms with E-state index in [0.29, 0.717) is 35.7 Å². The van der Waals surface area contributed by atoms with Crippen molar-refractivity contribution < 1.29 is 23.8 Å². The Morgan fingerprint density at radius 3 is 2.27 bits per heavy atom. The summed E-state index contributed by atoms with van der Waals surface area (Å²) in [7, 11) is 4.64. The van der Waals surface area contributed by atoms with Crippen LogP contribution in [0, 0.1) is 0 Å². The molecule has 2 N–H and O–H groups in total. The molecule has 30 heavy (non-hydrogen) atoms. The van der Waals surface area contributed by atoms with E-state index in [4.69, 9.17) is 14.2 Å². The molecule has 2 aromatic rings. The average Bonchev–Trinajstić information content (AvgIpc) is 2.77. The second-order valence-electron chi connectivity index (χ2n) is 6.48. The summed E-state index contributed by atoms with van der Waals surface area (Å²) in [4.78, 5) is 24.3. The van der Waals surface area contributed by atoms with Crippen LogP contribution < -0.4 is 25.0 Å². The van der Waals surface area contributed by atoms with Crippen molar-refractivity contribution in [2.24, 2.45) is 5.10 Å². The summed E-state index contributed by atoms with van der Waals surface area (Å²) in [6.07, 6.45) is 0.802. The topological polar surface area (TPSA) is 98.2 Å². The van der Waals surface area contributed by atoms with Crippen molar-refractivity contribution in [3.05, 3.63) is 53.6 Å². The van der Waals surface area contributed by atoms with E-state index >= 15 is 0 Å². The highest BCUT2D eigenvalue weighted by molar-refractivity contribution is 6.01. The van der Waals surface area contributed by atoms with Crippen molar-refractivity contribution in [2.45, 2.75) is 19.8 Å². The van der Waals surface area contributed by atoms with Gasteiger partial charge in [0, 0.05) is 17.8 Å². The zero-order valence-corrected chi connectivity index (χ0v) is 17.7. The maximum Gasteiger partial charge on any atom is 0.271 e. The number of benzene rings is 2. The van der Waals surface area contributed by atoms with Crippen LogP contribution in [0.3, 0.4) is 0 Å². The first kappa shape index (κ1) is 22.7. The fourth-order valence-electron chi connectivity index (χ4n) is 2.66. The highest BCUT2D eigenvalue weighted by atomic mass is 16.5. The molecule has 160 valence electrons. The number of amides is 2. The molecule has 0 aliphatic carbocycles. The Morgan fingerprint density at radius 2 is 1.63 bits per heavy atom. The molecule has 2 amide bonds. The van der Waals surface area contributed by atoms with E-state index in [1.165, 1.54) is 14.2 Å². The number of nitrogens with one attached hydrogen (secondary N) is 2. The summed E-state index contributed by atoms with van der Waals surface area (Å²) in [6.45, 7) is 2.19. The van der Waals surface area contributed by atoms with Gasteiger partial charge in [-0.25, -0.2) is 5.43 Å². The second-order valence-corrected chi connectivity index (χ2v) is 6.48. The van der Waals surface area contributed by atoms with Crippen molar-refractivity contribution in [3.63, 3.8) is 0 Å². The molecule has 0 spiro atoms. The van der Waals surface area contributed by atoms with Crippen LogP contribution in [0.15, 0.2) is 47.6 Å². The quantitative estimate of drug-likeness (QED) is 0.461. The van der Waals surface area contributed by atoms with Crippen LogP contribution in [0.25, 0.3) is 0 Å². The number of rotatable bonds is 10. The van der Waals surface area contributed by atoms with Crippen molar-refractivity contribution in [2.75, 3.05) is 27.9 Å². The summed E-state index contributed by atoms with van der Waals surface area (Å²) >= 11 is 0. The molecular formula is C22H27N3O5. The maximum absolute atomic E-state index is 12.3. The highest BCUT2D eigenvalue weighted by Gasteiger charge is 2.11. The van der Waals surface area contributed by atoms with Gasteiger partial charge in [0.2, 0.25) is 5.91 Å². The Bertz CT molecular complexity index is 894. The van der Waals surface area contributed by atoms with Crippen LogP contribution in [0.1, 0.15) is 29.3 Å². The Kier molecular flexibility index (Phi) is 8.68. The lowest BCUT2D eigenvalue weighted by Gasteiger charge is -2.09. The Balaban J connectivity index is 1.79. The Morgan fingerprint density at radius 1 is 0.933 bits per heavy atom. The summed E-state index contributed by atoms with van der Waals surface area (Å²) in [5.41, 5.74) is 4.41. The van der Waals surface area contributed by atoms with Crippen LogP contribution in [-0.2, 0) is 11.2 Å². The van der Waals surface area contributed by atoms with E-state index in [1.54, 1.807) is 32.2 Å². The lowest BCUT2D eigenvalue weighted by atomic mass is 10.1. The van der Waals surface area contributed by atoms with E-state index in [1.807, 2.05) is 24.3 Å². The molecule has 0 aliphatic heterocycles. The zero-order valence-electron chi connectivity index (χ0n) is 17.7. The van der Waals surface area contributed by atoms with Gasteiger partial charge in [0.05, 0.1) is 27.8 Å². The smallest absolute Gasteiger partial charge is 0.271 e. The predicted molar refractivity (Wildman–Crippen MR) is 114 cm³/mol. The molecule has 0 fully saturated rings. The Labute approximate surface area is 176 Å². The molecule has 8 nitrogen and oxygen atoms in total. The van der Waals surface area contributed by atoms with Gasteiger partial charge in [-0.3, -0.25) is 9.59 Å². The third kappa shape index (κ3) is 6.80. The molecule has 0 radical (unpaired) electrons. The summed E-state index contributed by atoms with van der Waals surface area (Å²) in [5, 5.41) is 6.84. The predicted octanol–water partition coefficient (Wildman–Crippen LogP) is 2.57. The van der Waals surface area contributed by atoms with Gasteiger partial charge in [-0.05, 0) is 49.2 Å². The van der Waals surface area contributed by atoms with Crippen LogP contribution >= 0.6 is 0 Å².